The lowest BCUT2D eigenvalue weighted by Gasteiger charge is -2.33. The maximum Gasteiger partial charge on any atom is 0.326 e. The second kappa shape index (κ2) is 11.4. The Labute approximate surface area is 207 Å². The normalized spacial score (nSPS) is 15.6. The number of aromatic nitrogens is 2. The Bertz CT molecular complexity index is 1270. The monoisotopic (exact) mass is 503 g/mol. The highest BCUT2D eigenvalue weighted by molar-refractivity contribution is 7.85. The number of hydrogen-bond donors (Lipinski definition) is 3. The highest BCUT2D eigenvalue weighted by Crippen LogP contribution is 2.32. The molecule has 0 saturated carbocycles. The van der Waals surface area contributed by atoms with Crippen molar-refractivity contribution in [3.63, 3.8) is 0 Å². The zero-order valence-corrected chi connectivity index (χ0v) is 21.8. The molecule has 35 heavy (non-hydrogen) atoms. The average Bonchev–Trinajstić information content (AvgIpc) is 3.12. The summed E-state index contributed by atoms with van der Waals surface area (Å²) in [6.07, 6.45) is 2.86. The molecule has 0 aliphatic carbocycles. The fourth-order valence-corrected chi connectivity index (χ4v) is 4.55. The van der Waals surface area contributed by atoms with Crippen LogP contribution < -0.4 is 11.0 Å². The van der Waals surface area contributed by atoms with Crippen LogP contribution in [0.1, 0.15) is 46.1 Å². The standard InChI is InChI=1S/C14H18N2O5S.C12H19N/c1-14(4-6-21-7-5-14)9-16-12-3-2-10(22(18,19)20)8-11(12)15-13(16)17;1-4-11-5-7-12(8-6-11)13-9-10(2)3/h2-3,8H,4-7,9H2,1H3,(H,15,17)(H,18,19,20);5-8,10,13H,4,9H2,1-3H3. The molecule has 4 rings (SSSR count). The summed E-state index contributed by atoms with van der Waals surface area (Å²) >= 11 is 0. The van der Waals surface area contributed by atoms with E-state index in [1.807, 2.05) is 0 Å². The van der Waals surface area contributed by atoms with Gasteiger partial charge in [0.1, 0.15) is 0 Å². The molecule has 0 unspecified atom stereocenters. The van der Waals surface area contributed by atoms with Crippen LogP contribution in [-0.4, -0.2) is 42.3 Å². The van der Waals surface area contributed by atoms with E-state index >= 15 is 0 Å². The van der Waals surface area contributed by atoms with Gasteiger partial charge >= 0.3 is 5.69 Å². The molecular weight excluding hydrogens is 466 g/mol. The third-order valence-corrected chi connectivity index (χ3v) is 7.21. The second-order valence-corrected chi connectivity index (χ2v) is 11.3. The predicted molar refractivity (Wildman–Crippen MR) is 140 cm³/mol. The molecule has 2 aromatic carbocycles. The highest BCUT2D eigenvalue weighted by Gasteiger charge is 2.29. The zero-order chi connectivity index (χ0) is 25.6. The summed E-state index contributed by atoms with van der Waals surface area (Å²) in [5.41, 5.74) is 3.34. The Hall–Kier alpha value is -2.62. The van der Waals surface area contributed by atoms with Crippen LogP contribution in [0, 0.1) is 11.3 Å². The molecule has 2 heterocycles. The summed E-state index contributed by atoms with van der Waals surface area (Å²) in [5.74, 6) is 0.700. The number of anilines is 1. The second-order valence-electron chi connectivity index (χ2n) is 9.92. The maximum atomic E-state index is 12.2. The first kappa shape index (κ1) is 27.0. The van der Waals surface area contributed by atoms with Crippen LogP contribution in [0.25, 0.3) is 11.0 Å². The topological polar surface area (TPSA) is 113 Å². The molecule has 1 fully saturated rings. The van der Waals surface area contributed by atoms with E-state index in [0.29, 0.717) is 36.7 Å². The summed E-state index contributed by atoms with van der Waals surface area (Å²) in [6, 6.07) is 12.8. The number of aryl methyl sites for hydroxylation is 1. The molecule has 1 aromatic heterocycles. The van der Waals surface area contributed by atoms with Crippen molar-refractivity contribution in [1.29, 1.82) is 0 Å². The Morgan fingerprint density at radius 1 is 1.14 bits per heavy atom. The van der Waals surface area contributed by atoms with E-state index in [1.165, 1.54) is 23.4 Å². The SMILES string of the molecule is CC1(Cn2c(=O)[nH]c3cc(S(=O)(=O)O)ccc32)CCOCC1.CCc1ccc(NCC(C)C)cc1. The zero-order valence-electron chi connectivity index (χ0n) is 21.0. The average molecular weight is 504 g/mol. The molecule has 0 spiro atoms. The number of aromatic amines is 1. The molecule has 8 nitrogen and oxygen atoms in total. The van der Waals surface area contributed by atoms with Gasteiger partial charge in [0, 0.05) is 32.0 Å². The van der Waals surface area contributed by atoms with E-state index in [-0.39, 0.29) is 16.0 Å². The lowest BCUT2D eigenvalue weighted by atomic mass is 9.82. The van der Waals surface area contributed by atoms with E-state index in [4.69, 9.17) is 9.29 Å². The van der Waals surface area contributed by atoms with Crippen LogP contribution in [0.4, 0.5) is 5.69 Å². The number of ether oxygens (including phenoxy) is 1. The van der Waals surface area contributed by atoms with Gasteiger partial charge in [-0.3, -0.25) is 9.12 Å². The van der Waals surface area contributed by atoms with Gasteiger partial charge in [-0.2, -0.15) is 8.42 Å². The van der Waals surface area contributed by atoms with Crippen molar-refractivity contribution in [2.45, 2.75) is 58.4 Å². The van der Waals surface area contributed by atoms with Crippen molar-refractivity contribution in [2.24, 2.45) is 11.3 Å². The smallest absolute Gasteiger partial charge is 0.326 e. The molecule has 192 valence electrons. The van der Waals surface area contributed by atoms with Gasteiger partial charge in [-0.1, -0.05) is 39.8 Å². The van der Waals surface area contributed by atoms with Crippen LogP contribution in [0.15, 0.2) is 52.2 Å². The van der Waals surface area contributed by atoms with Crippen molar-refractivity contribution in [1.82, 2.24) is 9.55 Å². The van der Waals surface area contributed by atoms with E-state index < -0.39 is 10.1 Å². The summed E-state index contributed by atoms with van der Waals surface area (Å²) in [7, 11) is -4.28. The molecule has 9 heteroatoms. The fraction of sp³-hybridized carbons (Fsp3) is 0.500. The van der Waals surface area contributed by atoms with Gasteiger partial charge in [-0.05, 0) is 66.5 Å². The lowest BCUT2D eigenvalue weighted by Crippen LogP contribution is -2.34. The molecule has 0 radical (unpaired) electrons. The minimum Gasteiger partial charge on any atom is -0.385 e. The molecule has 1 saturated heterocycles. The third-order valence-electron chi connectivity index (χ3n) is 6.36. The number of rotatable bonds is 7. The van der Waals surface area contributed by atoms with Gasteiger partial charge < -0.3 is 15.0 Å². The Morgan fingerprint density at radius 3 is 2.37 bits per heavy atom. The fourth-order valence-electron chi connectivity index (χ4n) is 4.04. The molecular formula is C26H37N3O5S. The van der Waals surface area contributed by atoms with E-state index in [1.54, 1.807) is 10.6 Å². The number of benzene rings is 2. The van der Waals surface area contributed by atoms with Gasteiger partial charge in [0.05, 0.1) is 15.9 Å². The number of nitrogens with one attached hydrogen (secondary N) is 2. The van der Waals surface area contributed by atoms with E-state index in [9.17, 15) is 13.2 Å². The molecule has 0 bridgehead atoms. The van der Waals surface area contributed by atoms with Gasteiger partial charge in [-0.15, -0.1) is 0 Å². The lowest BCUT2D eigenvalue weighted by molar-refractivity contribution is 0.0156. The van der Waals surface area contributed by atoms with Gasteiger partial charge in [0.25, 0.3) is 10.1 Å². The molecule has 1 aliphatic rings. The maximum absolute atomic E-state index is 12.2. The quantitative estimate of drug-likeness (QED) is 0.403. The van der Waals surface area contributed by atoms with Crippen molar-refractivity contribution in [3.8, 4) is 0 Å². The van der Waals surface area contributed by atoms with Crippen LogP contribution in [0.3, 0.4) is 0 Å². The van der Waals surface area contributed by atoms with Crippen LogP contribution in [-0.2, 0) is 27.8 Å². The molecule has 3 aromatic rings. The molecule has 0 amide bonds. The first-order valence-electron chi connectivity index (χ1n) is 12.1. The third kappa shape index (κ3) is 7.43. The van der Waals surface area contributed by atoms with Crippen molar-refractivity contribution in [3.05, 3.63) is 58.5 Å². The van der Waals surface area contributed by atoms with Crippen LogP contribution in [0.2, 0.25) is 0 Å². The largest absolute Gasteiger partial charge is 0.385 e. The number of H-pyrrole nitrogens is 1. The van der Waals surface area contributed by atoms with E-state index in [2.05, 4.69) is 62.3 Å². The van der Waals surface area contributed by atoms with Gasteiger partial charge in [-0.25, -0.2) is 4.79 Å². The van der Waals surface area contributed by atoms with Gasteiger partial charge in [0.2, 0.25) is 0 Å². The molecule has 1 aliphatic heterocycles. The summed E-state index contributed by atoms with van der Waals surface area (Å²) in [6.45, 7) is 11.7. The first-order valence-corrected chi connectivity index (χ1v) is 13.6. The Morgan fingerprint density at radius 2 is 1.80 bits per heavy atom. The molecule has 0 atom stereocenters. The van der Waals surface area contributed by atoms with Gasteiger partial charge in [0.15, 0.2) is 0 Å². The molecule has 3 N–H and O–H groups in total. The van der Waals surface area contributed by atoms with Crippen molar-refractivity contribution < 1.29 is 17.7 Å². The van der Waals surface area contributed by atoms with Crippen molar-refractivity contribution >= 4 is 26.8 Å². The number of nitrogens with zero attached hydrogens (tertiary/aromatic N) is 1. The Balaban J connectivity index is 0.000000225. The van der Waals surface area contributed by atoms with Crippen LogP contribution >= 0.6 is 0 Å². The first-order chi connectivity index (χ1) is 16.5. The number of hydrogen-bond acceptors (Lipinski definition) is 5. The minimum atomic E-state index is -4.28. The predicted octanol–water partition coefficient (Wildman–Crippen LogP) is 4.71. The Kier molecular flexibility index (Phi) is 8.79. The number of fused-ring (bicyclic) bond motifs is 1. The summed E-state index contributed by atoms with van der Waals surface area (Å²) in [5, 5.41) is 3.40. The summed E-state index contributed by atoms with van der Waals surface area (Å²) < 4.78 is 38.4. The summed E-state index contributed by atoms with van der Waals surface area (Å²) in [4.78, 5) is 14.6. The van der Waals surface area contributed by atoms with Crippen molar-refractivity contribution in [2.75, 3.05) is 25.1 Å². The van der Waals surface area contributed by atoms with E-state index in [0.717, 1.165) is 25.8 Å². The van der Waals surface area contributed by atoms with Crippen LogP contribution in [0.5, 0.6) is 0 Å². The highest BCUT2D eigenvalue weighted by atomic mass is 32.2. The number of imidazole rings is 1. The minimum absolute atomic E-state index is 0.0288.